The zero-order valence-electron chi connectivity index (χ0n) is 21.0. The number of Topliss-reactive ketones (excluding diaryl/α,β-unsaturated/α-hetero) is 1. The molecule has 3 aromatic carbocycles. The van der Waals surface area contributed by atoms with E-state index in [1.54, 1.807) is 42.5 Å². The molecule has 0 unspecified atom stereocenters. The first-order valence-electron chi connectivity index (χ1n) is 12.4. The number of hydrogen-bond donors (Lipinski definition) is 1. The van der Waals surface area contributed by atoms with Crippen LogP contribution in [0.25, 0.3) is 5.76 Å². The summed E-state index contributed by atoms with van der Waals surface area (Å²) in [5.74, 6) is -2.39. The van der Waals surface area contributed by atoms with Gasteiger partial charge in [0, 0.05) is 23.3 Å². The van der Waals surface area contributed by atoms with Crippen LogP contribution in [0.15, 0.2) is 76.6 Å². The SMILES string of the molecule is C[C@H]1Cc2cc(C(O)=C3C(=O)C(=O)N(c4nnc(SCc5ccccc5F)s4)[C@@H]3c3ccccc3F)ccc2O1. The fraction of sp³-hybridized carbons (Fsp3) is 0.172. The van der Waals surface area contributed by atoms with E-state index in [0.717, 1.165) is 21.8 Å². The molecule has 0 aliphatic carbocycles. The number of hydrogen-bond acceptors (Lipinski definition) is 8. The van der Waals surface area contributed by atoms with Gasteiger partial charge in [-0.3, -0.25) is 14.5 Å². The monoisotopic (exact) mass is 577 g/mol. The van der Waals surface area contributed by atoms with Crippen molar-refractivity contribution in [3.05, 3.63) is 106 Å². The summed E-state index contributed by atoms with van der Waals surface area (Å²) < 4.78 is 35.4. The number of anilines is 1. The molecule has 7 nitrogen and oxygen atoms in total. The van der Waals surface area contributed by atoms with Gasteiger partial charge in [0.15, 0.2) is 4.34 Å². The van der Waals surface area contributed by atoms with E-state index in [9.17, 15) is 19.1 Å². The van der Waals surface area contributed by atoms with Crippen LogP contribution in [0.3, 0.4) is 0 Å². The van der Waals surface area contributed by atoms with Crippen molar-refractivity contribution >= 4 is 45.7 Å². The molecule has 2 aliphatic heterocycles. The molecule has 0 radical (unpaired) electrons. The van der Waals surface area contributed by atoms with Gasteiger partial charge in [0.1, 0.15) is 35.3 Å². The van der Waals surface area contributed by atoms with Crippen LogP contribution in [-0.2, 0) is 21.8 Å². The Morgan fingerprint density at radius 1 is 1.07 bits per heavy atom. The lowest BCUT2D eigenvalue weighted by Gasteiger charge is -2.22. The zero-order chi connectivity index (χ0) is 28.0. The van der Waals surface area contributed by atoms with Crippen LogP contribution in [0.1, 0.15) is 35.2 Å². The molecule has 4 aromatic rings. The van der Waals surface area contributed by atoms with Gasteiger partial charge in [-0.05, 0) is 48.4 Å². The number of nitrogens with zero attached hydrogens (tertiary/aromatic N) is 3. The minimum Gasteiger partial charge on any atom is -0.507 e. The summed E-state index contributed by atoms with van der Waals surface area (Å²) in [6.07, 6.45) is 0.596. The number of ether oxygens (including phenoxy) is 1. The molecule has 202 valence electrons. The van der Waals surface area contributed by atoms with Gasteiger partial charge in [-0.1, -0.05) is 59.5 Å². The first-order chi connectivity index (χ1) is 19.3. The van der Waals surface area contributed by atoms with Crippen LogP contribution in [0.2, 0.25) is 0 Å². The minimum atomic E-state index is -1.28. The summed E-state index contributed by atoms with van der Waals surface area (Å²) in [5, 5.41) is 19.7. The van der Waals surface area contributed by atoms with E-state index in [1.165, 1.54) is 36.0 Å². The number of ketones is 1. The van der Waals surface area contributed by atoms with Gasteiger partial charge in [0.2, 0.25) is 5.13 Å². The van der Waals surface area contributed by atoms with Crippen LogP contribution >= 0.6 is 23.1 Å². The Hall–Kier alpha value is -4.09. The number of amides is 1. The highest BCUT2D eigenvalue weighted by Gasteiger charge is 2.49. The molecule has 1 saturated heterocycles. The van der Waals surface area contributed by atoms with E-state index in [1.807, 2.05) is 6.92 Å². The molecule has 0 saturated carbocycles. The number of benzene rings is 3. The number of carbonyl (C=O) groups excluding carboxylic acids is 2. The molecule has 1 N–H and O–H groups in total. The second kappa shape index (κ2) is 10.5. The summed E-state index contributed by atoms with van der Waals surface area (Å²) in [6.45, 7) is 1.92. The van der Waals surface area contributed by atoms with Crippen molar-refractivity contribution in [1.29, 1.82) is 0 Å². The molecule has 3 heterocycles. The van der Waals surface area contributed by atoms with Gasteiger partial charge in [0.25, 0.3) is 5.78 Å². The maximum absolute atomic E-state index is 15.2. The smallest absolute Gasteiger partial charge is 0.301 e. The van der Waals surface area contributed by atoms with E-state index in [0.29, 0.717) is 27.6 Å². The quantitative estimate of drug-likeness (QED) is 0.0980. The first-order valence-corrected chi connectivity index (χ1v) is 14.2. The van der Waals surface area contributed by atoms with Crippen molar-refractivity contribution in [1.82, 2.24) is 10.2 Å². The minimum absolute atomic E-state index is 0.0251. The molecule has 0 spiro atoms. The highest BCUT2D eigenvalue weighted by molar-refractivity contribution is 8.00. The Labute approximate surface area is 236 Å². The maximum atomic E-state index is 15.2. The van der Waals surface area contributed by atoms with Gasteiger partial charge in [-0.15, -0.1) is 10.2 Å². The summed E-state index contributed by atoms with van der Waals surface area (Å²) in [5.41, 5.74) is 1.42. The topological polar surface area (TPSA) is 92.6 Å². The Kier molecular flexibility index (Phi) is 6.85. The van der Waals surface area contributed by atoms with Crippen molar-refractivity contribution in [2.24, 2.45) is 0 Å². The summed E-state index contributed by atoms with van der Waals surface area (Å²) in [7, 11) is 0. The van der Waals surface area contributed by atoms with E-state index in [4.69, 9.17) is 4.74 Å². The van der Waals surface area contributed by atoms with Crippen molar-refractivity contribution in [2.75, 3.05) is 4.90 Å². The van der Waals surface area contributed by atoms with Crippen molar-refractivity contribution < 1.29 is 28.2 Å². The molecule has 1 aromatic heterocycles. The molecule has 1 fully saturated rings. The highest BCUT2D eigenvalue weighted by atomic mass is 32.2. The predicted molar refractivity (Wildman–Crippen MR) is 147 cm³/mol. The number of carbonyl (C=O) groups is 2. The zero-order valence-corrected chi connectivity index (χ0v) is 22.6. The molecule has 40 heavy (non-hydrogen) atoms. The number of rotatable bonds is 6. The Morgan fingerprint density at radius 2 is 1.82 bits per heavy atom. The molecular formula is C29H21F2N3O4S2. The van der Waals surface area contributed by atoms with Crippen LogP contribution in [0, 0.1) is 11.6 Å². The van der Waals surface area contributed by atoms with Crippen LogP contribution in [0.4, 0.5) is 13.9 Å². The molecule has 0 bridgehead atoms. The third-order valence-corrected chi connectivity index (χ3v) is 8.83. The maximum Gasteiger partial charge on any atom is 0.301 e. The van der Waals surface area contributed by atoms with Gasteiger partial charge in [-0.2, -0.15) is 0 Å². The average Bonchev–Trinajstić information content (AvgIpc) is 3.63. The number of aliphatic hydroxyl groups is 1. The molecule has 1 amide bonds. The van der Waals surface area contributed by atoms with Crippen molar-refractivity contribution in [3.63, 3.8) is 0 Å². The molecule has 2 atom stereocenters. The Morgan fingerprint density at radius 3 is 2.60 bits per heavy atom. The highest BCUT2D eigenvalue weighted by Crippen LogP contribution is 2.45. The lowest BCUT2D eigenvalue weighted by molar-refractivity contribution is -0.132. The number of aromatic nitrogens is 2. The molecule has 6 rings (SSSR count). The lowest BCUT2D eigenvalue weighted by Crippen LogP contribution is -2.29. The van der Waals surface area contributed by atoms with Crippen LogP contribution in [-0.4, -0.2) is 33.1 Å². The number of thioether (sulfide) groups is 1. The second-order valence-corrected chi connectivity index (χ2v) is 11.6. The van der Waals surface area contributed by atoms with Crippen LogP contribution in [0.5, 0.6) is 5.75 Å². The summed E-state index contributed by atoms with van der Waals surface area (Å²) >= 11 is 2.24. The van der Waals surface area contributed by atoms with Gasteiger partial charge in [0.05, 0.1) is 5.57 Å². The number of halogens is 2. The first kappa shape index (κ1) is 26.1. The molecular weight excluding hydrogens is 556 g/mol. The van der Waals surface area contributed by atoms with E-state index in [2.05, 4.69) is 10.2 Å². The predicted octanol–water partition coefficient (Wildman–Crippen LogP) is 6.06. The standard InChI is InChI=1S/C29H21F2N3O4S2/c1-15-12-18-13-16(10-11-22(18)38-15)25(35)23-24(19-7-3-5-9-21(19)31)34(27(37)26(23)36)28-32-33-29(40-28)39-14-17-6-2-4-8-20(17)30/h2-11,13,15,24,35H,12,14H2,1H3/t15-,24+/m0/s1. The summed E-state index contributed by atoms with van der Waals surface area (Å²) in [4.78, 5) is 27.8. The normalized spacial score (nSPS) is 19.6. The van der Waals surface area contributed by atoms with E-state index < -0.39 is 29.3 Å². The molecule has 2 aliphatic rings. The number of aliphatic hydroxyl groups excluding tert-OH is 1. The summed E-state index contributed by atoms with van der Waals surface area (Å²) in [6, 6.07) is 15.8. The van der Waals surface area contributed by atoms with E-state index >= 15 is 4.39 Å². The van der Waals surface area contributed by atoms with Gasteiger partial charge >= 0.3 is 5.91 Å². The van der Waals surface area contributed by atoms with Gasteiger partial charge < -0.3 is 9.84 Å². The Balaban J connectivity index is 1.40. The Bertz CT molecular complexity index is 1690. The lowest BCUT2D eigenvalue weighted by atomic mass is 9.94. The van der Waals surface area contributed by atoms with Crippen LogP contribution < -0.4 is 9.64 Å². The fourth-order valence-corrected chi connectivity index (χ4v) is 6.71. The molecule has 11 heteroatoms. The largest absolute Gasteiger partial charge is 0.507 e. The van der Waals surface area contributed by atoms with Crippen molar-refractivity contribution in [2.45, 2.75) is 35.6 Å². The second-order valence-electron chi connectivity index (χ2n) is 9.38. The third kappa shape index (κ3) is 4.65. The average molecular weight is 578 g/mol. The van der Waals surface area contributed by atoms with E-state index in [-0.39, 0.29) is 33.9 Å². The third-order valence-electron chi connectivity index (χ3n) is 6.72. The van der Waals surface area contributed by atoms with Gasteiger partial charge in [-0.25, -0.2) is 8.78 Å². The van der Waals surface area contributed by atoms with Crippen molar-refractivity contribution in [3.8, 4) is 5.75 Å². The fourth-order valence-electron chi connectivity index (χ4n) is 4.86. The number of fused-ring (bicyclic) bond motifs is 1.